The monoisotopic (exact) mass is 387 g/mol. The van der Waals surface area contributed by atoms with E-state index in [1.807, 2.05) is 6.92 Å². The molecule has 2 aromatic rings. The van der Waals surface area contributed by atoms with Gasteiger partial charge in [-0.05, 0) is 55.3 Å². The average molecular weight is 387 g/mol. The van der Waals surface area contributed by atoms with Gasteiger partial charge in [0.2, 0.25) is 0 Å². The number of carboxylic acid groups (broad SMARTS) is 1. The van der Waals surface area contributed by atoms with Gasteiger partial charge in [0.1, 0.15) is 17.2 Å². The summed E-state index contributed by atoms with van der Waals surface area (Å²) in [4.78, 5) is 23.8. The Bertz CT molecular complexity index is 851. The normalized spacial score (nSPS) is 12.6. The molecule has 0 bridgehead atoms. The van der Waals surface area contributed by atoms with Gasteiger partial charge in [-0.3, -0.25) is 9.59 Å². The number of methoxy groups -OCH3 is 2. The fraction of sp³-hybridized carbons (Fsp3) is 0.333. The van der Waals surface area contributed by atoms with Crippen LogP contribution in [0.15, 0.2) is 42.5 Å². The van der Waals surface area contributed by atoms with E-state index < -0.39 is 17.4 Å². The number of benzene rings is 2. The summed E-state index contributed by atoms with van der Waals surface area (Å²) in [7, 11) is 3.11. The molecule has 28 heavy (non-hydrogen) atoms. The molecule has 7 heteroatoms. The molecule has 1 amide bonds. The number of ether oxygens (including phenoxy) is 3. The molecule has 2 rings (SSSR count). The molecular weight excluding hydrogens is 362 g/mol. The molecule has 0 saturated carbocycles. The minimum absolute atomic E-state index is 0.245. The molecule has 0 aliphatic carbocycles. The minimum atomic E-state index is -1.11. The molecule has 0 aliphatic rings. The summed E-state index contributed by atoms with van der Waals surface area (Å²) in [6.45, 7) is 3.29. The number of carbonyl (C=O) groups excluding carboxylic acids is 1. The number of nitrogens with one attached hydrogen (secondary N) is 1. The first-order valence-electron chi connectivity index (χ1n) is 8.72. The van der Waals surface area contributed by atoms with Gasteiger partial charge in [0.05, 0.1) is 26.2 Å². The van der Waals surface area contributed by atoms with Gasteiger partial charge in [-0.25, -0.2) is 0 Å². The second-order valence-corrected chi connectivity index (χ2v) is 6.60. The first-order chi connectivity index (χ1) is 13.3. The molecule has 2 N–H and O–H groups in total. The quantitative estimate of drug-likeness (QED) is 0.687. The van der Waals surface area contributed by atoms with Gasteiger partial charge in [0.15, 0.2) is 6.61 Å². The molecule has 0 fully saturated rings. The Morgan fingerprint density at radius 2 is 1.82 bits per heavy atom. The Kier molecular flexibility index (Phi) is 6.87. The van der Waals surface area contributed by atoms with Gasteiger partial charge in [-0.15, -0.1) is 0 Å². The van der Waals surface area contributed by atoms with Crippen molar-refractivity contribution in [1.82, 2.24) is 5.32 Å². The molecule has 150 valence electrons. The zero-order valence-electron chi connectivity index (χ0n) is 16.4. The minimum Gasteiger partial charge on any atom is -0.497 e. The highest BCUT2D eigenvalue weighted by molar-refractivity contribution is 5.80. The van der Waals surface area contributed by atoms with Crippen LogP contribution in [0.5, 0.6) is 17.2 Å². The van der Waals surface area contributed by atoms with Gasteiger partial charge in [-0.1, -0.05) is 12.1 Å². The number of carboxylic acids is 1. The lowest BCUT2D eigenvalue weighted by atomic mass is 9.88. The number of amides is 1. The van der Waals surface area contributed by atoms with Gasteiger partial charge < -0.3 is 24.6 Å². The standard InChI is InChI=1S/C21H25NO6/c1-14-10-17(8-9-18(14)27-4)28-13-19(23)22-21(2,12-20(24)25)15-6-5-7-16(11-15)26-3/h5-11H,12-13H2,1-4H3,(H,22,23)(H,24,25). The van der Waals surface area contributed by atoms with E-state index in [4.69, 9.17) is 14.2 Å². The number of hydrogen-bond acceptors (Lipinski definition) is 5. The van der Waals surface area contributed by atoms with E-state index in [-0.39, 0.29) is 13.0 Å². The second-order valence-electron chi connectivity index (χ2n) is 6.60. The van der Waals surface area contributed by atoms with Crippen molar-refractivity contribution >= 4 is 11.9 Å². The number of carbonyl (C=O) groups is 2. The van der Waals surface area contributed by atoms with Crippen molar-refractivity contribution in [2.75, 3.05) is 20.8 Å². The zero-order chi connectivity index (χ0) is 20.7. The summed E-state index contributed by atoms with van der Waals surface area (Å²) in [5.41, 5.74) is 0.395. The van der Waals surface area contributed by atoms with E-state index in [9.17, 15) is 14.7 Å². The molecule has 0 saturated heterocycles. The fourth-order valence-corrected chi connectivity index (χ4v) is 2.92. The van der Waals surface area contributed by atoms with E-state index in [1.165, 1.54) is 7.11 Å². The maximum Gasteiger partial charge on any atom is 0.306 e. The fourth-order valence-electron chi connectivity index (χ4n) is 2.92. The van der Waals surface area contributed by atoms with E-state index in [0.717, 1.165) is 11.3 Å². The number of aryl methyl sites for hydroxylation is 1. The first kappa shape index (κ1) is 21.1. The summed E-state index contributed by atoms with van der Waals surface area (Å²) in [5.74, 6) is 0.365. The van der Waals surface area contributed by atoms with E-state index >= 15 is 0 Å². The molecule has 0 heterocycles. The number of aliphatic carboxylic acids is 1. The van der Waals surface area contributed by atoms with E-state index in [1.54, 1.807) is 56.5 Å². The van der Waals surface area contributed by atoms with Crippen LogP contribution in [0.2, 0.25) is 0 Å². The summed E-state index contributed by atoms with van der Waals surface area (Å²) in [6.07, 6.45) is -0.284. The van der Waals surface area contributed by atoms with E-state index in [0.29, 0.717) is 17.1 Å². The SMILES string of the molecule is COc1cccc(C(C)(CC(=O)O)NC(=O)COc2ccc(OC)c(C)c2)c1. The van der Waals surface area contributed by atoms with Gasteiger partial charge in [-0.2, -0.15) is 0 Å². The van der Waals surface area contributed by atoms with Crippen LogP contribution in [-0.4, -0.2) is 37.8 Å². The molecule has 0 radical (unpaired) electrons. The lowest BCUT2D eigenvalue weighted by Gasteiger charge is -2.30. The van der Waals surface area contributed by atoms with Crippen LogP contribution >= 0.6 is 0 Å². The van der Waals surface area contributed by atoms with Gasteiger partial charge >= 0.3 is 5.97 Å². The highest BCUT2D eigenvalue weighted by Gasteiger charge is 2.32. The van der Waals surface area contributed by atoms with Crippen LogP contribution < -0.4 is 19.5 Å². The summed E-state index contributed by atoms with van der Waals surface area (Å²) in [5, 5.41) is 12.1. The lowest BCUT2D eigenvalue weighted by Crippen LogP contribution is -2.46. The maximum absolute atomic E-state index is 12.5. The number of rotatable bonds is 9. The smallest absolute Gasteiger partial charge is 0.306 e. The maximum atomic E-state index is 12.5. The molecule has 0 spiro atoms. The predicted octanol–water partition coefficient (Wildman–Crippen LogP) is 2.90. The molecule has 0 aliphatic heterocycles. The van der Waals surface area contributed by atoms with Crippen LogP contribution in [0.25, 0.3) is 0 Å². The second kappa shape index (κ2) is 9.12. The van der Waals surface area contributed by atoms with Crippen molar-refractivity contribution in [2.24, 2.45) is 0 Å². The Balaban J connectivity index is 2.12. The Morgan fingerprint density at radius 3 is 2.43 bits per heavy atom. The molecule has 1 atom stereocenters. The van der Waals surface area contributed by atoms with Crippen molar-refractivity contribution in [3.05, 3.63) is 53.6 Å². The van der Waals surface area contributed by atoms with Crippen molar-refractivity contribution in [1.29, 1.82) is 0 Å². The topological polar surface area (TPSA) is 94.1 Å². The number of hydrogen-bond donors (Lipinski definition) is 2. The molecular formula is C21H25NO6. The van der Waals surface area contributed by atoms with Crippen LogP contribution in [-0.2, 0) is 15.1 Å². The first-order valence-corrected chi connectivity index (χ1v) is 8.72. The molecule has 7 nitrogen and oxygen atoms in total. The lowest BCUT2D eigenvalue weighted by molar-refractivity contribution is -0.139. The van der Waals surface area contributed by atoms with Gasteiger partial charge in [0.25, 0.3) is 5.91 Å². The molecule has 0 aromatic heterocycles. The average Bonchev–Trinajstić information content (AvgIpc) is 2.66. The van der Waals surface area contributed by atoms with Crippen LogP contribution in [0, 0.1) is 6.92 Å². The summed E-state index contributed by atoms with van der Waals surface area (Å²) >= 11 is 0. The highest BCUT2D eigenvalue weighted by atomic mass is 16.5. The predicted molar refractivity (Wildman–Crippen MR) is 104 cm³/mol. The third-order valence-corrected chi connectivity index (χ3v) is 4.36. The Morgan fingerprint density at radius 1 is 1.07 bits per heavy atom. The zero-order valence-corrected chi connectivity index (χ0v) is 16.4. The Hall–Kier alpha value is -3.22. The van der Waals surface area contributed by atoms with Crippen LogP contribution in [0.4, 0.5) is 0 Å². The van der Waals surface area contributed by atoms with Crippen molar-refractivity contribution in [3.63, 3.8) is 0 Å². The Labute approximate surface area is 164 Å². The summed E-state index contributed by atoms with van der Waals surface area (Å²) in [6, 6.07) is 12.2. The third-order valence-electron chi connectivity index (χ3n) is 4.36. The largest absolute Gasteiger partial charge is 0.497 e. The third kappa shape index (κ3) is 5.39. The van der Waals surface area contributed by atoms with Crippen molar-refractivity contribution < 1.29 is 28.9 Å². The van der Waals surface area contributed by atoms with E-state index in [2.05, 4.69) is 5.32 Å². The van der Waals surface area contributed by atoms with Crippen LogP contribution in [0.3, 0.4) is 0 Å². The highest BCUT2D eigenvalue weighted by Crippen LogP contribution is 2.28. The van der Waals surface area contributed by atoms with Crippen LogP contribution in [0.1, 0.15) is 24.5 Å². The summed E-state index contributed by atoms with van der Waals surface area (Å²) < 4.78 is 15.9. The molecule has 1 unspecified atom stereocenters. The molecule has 2 aromatic carbocycles. The van der Waals surface area contributed by atoms with Gasteiger partial charge in [0, 0.05) is 0 Å². The van der Waals surface area contributed by atoms with Crippen molar-refractivity contribution in [3.8, 4) is 17.2 Å². The van der Waals surface area contributed by atoms with Crippen molar-refractivity contribution in [2.45, 2.75) is 25.8 Å².